The summed E-state index contributed by atoms with van der Waals surface area (Å²) in [6.45, 7) is 10.8. The molecule has 1 unspecified atom stereocenters. The molecule has 0 spiro atoms. The summed E-state index contributed by atoms with van der Waals surface area (Å²) in [6.07, 6.45) is 0. The van der Waals surface area contributed by atoms with Gasteiger partial charge in [-0.25, -0.2) is 4.98 Å². The maximum Gasteiger partial charge on any atom is 0.0798 e. The van der Waals surface area contributed by atoms with Gasteiger partial charge in [-0.05, 0) is 33.0 Å². The minimum Gasteiger partial charge on any atom is -0.317 e. The summed E-state index contributed by atoms with van der Waals surface area (Å²) < 4.78 is 0. The first-order valence-corrected chi connectivity index (χ1v) is 6.79. The van der Waals surface area contributed by atoms with Gasteiger partial charge in [0.15, 0.2) is 0 Å². The lowest BCUT2D eigenvalue weighted by atomic mass is 10.1. The zero-order chi connectivity index (χ0) is 12.0. The Morgan fingerprint density at radius 3 is 2.88 bits per heavy atom. The van der Waals surface area contributed by atoms with Gasteiger partial charge in [0.2, 0.25) is 0 Å². The fourth-order valence-electron chi connectivity index (χ4n) is 1.78. The molecule has 1 atom stereocenters. The quantitative estimate of drug-likeness (QED) is 0.792. The summed E-state index contributed by atoms with van der Waals surface area (Å²) in [7, 11) is 2.18. The third-order valence-electron chi connectivity index (χ3n) is 2.62. The minimum atomic E-state index is 0.693. The van der Waals surface area contributed by atoms with E-state index in [1.54, 1.807) is 11.3 Å². The van der Waals surface area contributed by atoms with Crippen LogP contribution in [0.15, 0.2) is 5.51 Å². The van der Waals surface area contributed by atoms with Crippen molar-refractivity contribution in [3.05, 3.63) is 16.1 Å². The number of rotatable bonds is 7. The standard InChI is InChI=1S/C12H23N3S/c1-5-13-6-10(2)7-15(4)8-12-11(3)14-9-16-12/h9-10,13H,5-8H2,1-4H3. The lowest BCUT2D eigenvalue weighted by Gasteiger charge is -2.21. The summed E-state index contributed by atoms with van der Waals surface area (Å²) >= 11 is 1.75. The second kappa shape index (κ2) is 6.99. The van der Waals surface area contributed by atoms with Crippen LogP contribution in [0.5, 0.6) is 0 Å². The number of nitrogens with zero attached hydrogens (tertiary/aromatic N) is 2. The maximum absolute atomic E-state index is 4.28. The van der Waals surface area contributed by atoms with Crippen molar-refractivity contribution < 1.29 is 0 Å². The second-order valence-electron chi connectivity index (χ2n) is 4.47. The van der Waals surface area contributed by atoms with Crippen LogP contribution in [0.2, 0.25) is 0 Å². The molecule has 1 rings (SSSR count). The van der Waals surface area contributed by atoms with E-state index in [2.05, 4.69) is 43.0 Å². The van der Waals surface area contributed by atoms with E-state index < -0.39 is 0 Å². The van der Waals surface area contributed by atoms with Crippen LogP contribution in [0.25, 0.3) is 0 Å². The monoisotopic (exact) mass is 241 g/mol. The predicted molar refractivity (Wildman–Crippen MR) is 70.9 cm³/mol. The normalized spacial score (nSPS) is 13.3. The molecule has 4 heteroatoms. The Morgan fingerprint density at radius 2 is 2.31 bits per heavy atom. The molecule has 0 aliphatic heterocycles. The van der Waals surface area contributed by atoms with Crippen molar-refractivity contribution in [1.82, 2.24) is 15.2 Å². The molecule has 1 N–H and O–H groups in total. The lowest BCUT2D eigenvalue weighted by Crippen LogP contribution is -2.30. The Hall–Kier alpha value is -0.450. The molecule has 3 nitrogen and oxygen atoms in total. The Bertz CT molecular complexity index is 298. The molecule has 0 radical (unpaired) electrons. The van der Waals surface area contributed by atoms with Crippen LogP contribution >= 0.6 is 11.3 Å². The number of hydrogen-bond donors (Lipinski definition) is 1. The van der Waals surface area contributed by atoms with Gasteiger partial charge in [0.25, 0.3) is 0 Å². The molecule has 1 aromatic heterocycles. The van der Waals surface area contributed by atoms with E-state index in [0.717, 1.165) is 26.2 Å². The zero-order valence-electron chi connectivity index (χ0n) is 10.8. The summed E-state index contributed by atoms with van der Waals surface area (Å²) in [6, 6.07) is 0. The van der Waals surface area contributed by atoms with Gasteiger partial charge in [-0.1, -0.05) is 13.8 Å². The van der Waals surface area contributed by atoms with Gasteiger partial charge in [-0.2, -0.15) is 0 Å². The van der Waals surface area contributed by atoms with Gasteiger partial charge in [0.1, 0.15) is 0 Å². The Labute approximate surface area is 103 Å². The highest BCUT2D eigenvalue weighted by atomic mass is 32.1. The lowest BCUT2D eigenvalue weighted by molar-refractivity contribution is 0.276. The molecule has 0 aliphatic rings. The van der Waals surface area contributed by atoms with Gasteiger partial charge < -0.3 is 10.2 Å². The van der Waals surface area contributed by atoms with E-state index in [1.165, 1.54) is 10.6 Å². The first-order chi connectivity index (χ1) is 7.63. The molecule has 92 valence electrons. The second-order valence-corrected chi connectivity index (χ2v) is 5.41. The average molecular weight is 241 g/mol. The third-order valence-corrected chi connectivity index (χ3v) is 3.54. The van der Waals surface area contributed by atoms with Crippen LogP contribution in [-0.4, -0.2) is 36.6 Å². The van der Waals surface area contributed by atoms with Crippen LogP contribution in [0.4, 0.5) is 0 Å². The SMILES string of the molecule is CCNCC(C)CN(C)Cc1scnc1C. The van der Waals surface area contributed by atoms with Gasteiger partial charge >= 0.3 is 0 Å². The van der Waals surface area contributed by atoms with Crippen LogP contribution < -0.4 is 5.32 Å². The van der Waals surface area contributed by atoms with E-state index in [9.17, 15) is 0 Å². The average Bonchev–Trinajstić information content (AvgIpc) is 2.61. The van der Waals surface area contributed by atoms with Crippen molar-refractivity contribution in [3.8, 4) is 0 Å². The summed E-state index contributed by atoms with van der Waals surface area (Å²) in [4.78, 5) is 8.04. The Kier molecular flexibility index (Phi) is 5.95. The Morgan fingerprint density at radius 1 is 1.56 bits per heavy atom. The zero-order valence-corrected chi connectivity index (χ0v) is 11.6. The molecule has 16 heavy (non-hydrogen) atoms. The molecule has 0 fully saturated rings. The smallest absolute Gasteiger partial charge is 0.0798 e. The molecule has 1 heterocycles. The van der Waals surface area contributed by atoms with E-state index in [1.807, 2.05) is 5.51 Å². The molecular formula is C12H23N3S. The minimum absolute atomic E-state index is 0.693. The van der Waals surface area contributed by atoms with E-state index in [-0.39, 0.29) is 0 Å². The first kappa shape index (κ1) is 13.6. The van der Waals surface area contributed by atoms with Crippen molar-refractivity contribution in [2.75, 3.05) is 26.7 Å². The summed E-state index contributed by atoms with van der Waals surface area (Å²) in [5, 5.41) is 3.39. The summed E-state index contributed by atoms with van der Waals surface area (Å²) in [5.41, 5.74) is 3.11. The molecule has 1 aromatic rings. The fraction of sp³-hybridized carbons (Fsp3) is 0.750. The van der Waals surface area contributed by atoms with Crippen molar-refractivity contribution in [3.63, 3.8) is 0 Å². The molecule has 0 aromatic carbocycles. The van der Waals surface area contributed by atoms with Gasteiger partial charge in [0.05, 0.1) is 11.2 Å². The van der Waals surface area contributed by atoms with Crippen molar-refractivity contribution in [2.24, 2.45) is 5.92 Å². The number of aryl methyl sites for hydroxylation is 1. The number of hydrogen-bond acceptors (Lipinski definition) is 4. The van der Waals surface area contributed by atoms with Crippen LogP contribution in [0.1, 0.15) is 24.4 Å². The third kappa shape index (κ3) is 4.60. The van der Waals surface area contributed by atoms with Crippen LogP contribution in [0, 0.1) is 12.8 Å². The molecular weight excluding hydrogens is 218 g/mol. The molecule has 0 amide bonds. The van der Waals surface area contributed by atoms with Crippen LogP contribution in [0.3, 0.4) is 0 Å². The number of nitrogens with one attached hydrogen (secondary N) is 1. The van der Waals surface area contributed by atoms with Crippen molar-refractivity contribution >= 4 is 11.3 Å². The maximum atomic E-state index is 4.28. The number of thiazole rings is 1. The molecule has 0 saturated carbocycles. The van der Waals surface area contributed by atoms with E-state index in [0.29, 0.717) is 5.92 Å². The van der Waals surface area contributed by atoms with E-state index in [4.69, 9.17) is 0 Å². The topological polar surface area (TPSA) is 28.2 Å². The molecule has 0 aliphatic carbocycles. The first-order valence-electron chi connectivity index (χ1n) is 5.91. The predicted octanol–water partition coefficient (Wildman–Crippen LogP) is 2.13. The van der Waals surface area contributed by atoms with Crippen LogP contribution in [-0.2, 0) is 6.54 Å². The highest BCUT2D eigenvalue weighted by molar-refractivity contribution is 7.09. The highest BCUT2D eigenvalue weighted by Gasteiger charge is 2.09. The van der Waals surface area contributed by atoms with E-state index >= 15 is 0 Å². The summed E-state index contributed by atoms with van der Waals surface area (Å²) in [5.74, 6) is 0.693. The molecule has 0 bridgehead atoms. The van der Waals surface area contributed by atoms with Crippen molar-refractivity contribution in [2.45, 2.75) is 27.3 Å². The van der Waals surface area contributed by atoms with Gasteiger partial charge in [0, 0.05) is 18.0 Å². The van der Waals surface area contributed by atoms with Gasteiger partial charge in [-0.3, -0.25) is 0 Å². The van der Waals surface area contributed by atoms with Gasteiger partial charge in [-0.15, -0.1) is 11.3 Å². The fourth-order valence-corrected chi connectivity index (χ4v) is 2.63. The highest BCUT2D eigenvalue weighted by Crippen LogP contribution is 2.14. The largest absolute Gasteiger partial charge is 0.317 e. The van der Waals surface area contributed by atoms with Crippen molar-refractivity contribution in [1.29, 1.82) is 0 Å². The molecule has 0 saturated heterocycles. The Balaban J connectivity index is 2.30. The number of aromatic nitrogens is 1.